The van der Waals surface area contributed by atoms with Gasteiger partial charge in [-0.1, -0.05) is 0 Å². The van der Waals surface area contributed by atoms with Crippen molar-refractivity contribution in [3.8, 4) is 11.5 Å². The van der Waals surface area contributed by atoms with E-state index in [1.165, 1.54) is 22.5 Å². The minimum Gasteiger partial charge on any atom is -0.490 e. The molecule has 4 rings (SSSR count). The molecule has 0 saturated heterocycles. The first kappa shape index (κ1) is 25.0. The van der Waals surface area contributed by atoms with Crippen LogP contribution in [0.5, 0.6) is 11.5 Å². The summed E-state index contributed by atoms with van der Waals surface area (Å²) in [5.41, 5.74) is 4.84. The van der Waals surface area contributed by atoms with Gasteiger partial charge >= 0.3 is 0 Å². The first-order valence-electron chi connectivity index (χ1n) is 12.2. The second kappa shape index (κ2) is 12.1. The normalized spacial score (nSPS) is 10.7. The maximum atomic E-state index is 5.86. The van der Waals surface area contributed by atoms with Crippen LogP contribution in [0.15, 0.2) is 97.6 Å². The average molecular weight is 485 g/mol. The Bertz CT molecular complexity index is 1110. The largest absolute Gasteiger partial charge is 0.490 e. The van der Waals surface area contributed by atoms with E-state index in [-0.39, 0.29) is 0 Å². The monoisotopic (exact) mass is 484 g/mol. The molecule has 0 unspecified atom stereocenters. The predicted molar refractivity (Wildman–Crippen MR) is 144 cm³/mol. The summed E-state index contributed by atoms with van der Waals surface area (Å²) >= 11 is 0. The lowest BCUT2D eigenvalue weighted by Crippen LogP contribution is -2.33. The van der Waals surface area contributed by atoms with E-state index in [0.717, 1.165) is 24.6 Å². The fraction of sp³-hybridized carbons (Fsp3) is 0.267. The van der Waals surface area contributed by atoms with Crippen molar-refractivity contribution in [2.24, 2.45) is 0 Å². The molecular formula is C30H36N4O2+2. The lowest BCUT2D eigenvalue weighted by Gasteiger charge is -2.11. The molecule has 0 atom stereocenters. The second-order valence-electron chi connectivity index (χ2n) is 9.23. The highest BCUT2D eigenvalue weighted by Crippen LogP contribution is 2.15. The Labute approximate surface area is 214 Å². The van der Waals surface area contributed by atoms with Gasteiger partial charge in [0.1, 0.15) is 24.7 Å². The molecule has 0 saturated carbocycles. The van der Waals surface area contributed by atoms with E-state index in [9.17, 15) is 0 Å². The fourth-order valence-corrected chi connectivity index (χ4v) is 3.83. The van der Waals surface area contributed by atoms with Crippen molar-refractivity contribution in [1.82, 2.24) is 0 Å². The zero-order chi connectivity index (χ0) is 25.3. The lowest BCUT2D eigenvalue weighted by molar-refractivity contribution is -0.688. The summed E-state index contributed by atoms with van der Waals surface area (Å²) in [6.07, 6.45) is 8.41. The molecule has 2 heterocycles. The smallest absolute Gasteiger partial charge is 0.173 e. The van der Waals surface area contributed by atoms with E-state index < -0.39 is 0 Å². The van der Waals surface area contributed by atoms with Gasteiger partial charge in [-0.15, -0.1) is 0 Å². The summed E-state index contributed by atoms with van der Waals surface area (Å²) in [7, 11) is 8.19. The van der Waals surface area contributed by atoms with Gasteiger partial charge in [0, 0.05) is 75.0 Å². The molecule has 2 aromatic carbocycles. The summed E-state index contributed by atoms with van der Waals surface area (Å²) in [5, 5.41) is 0. The number of anilines is 2. The third-order valence-corrected chi connectivity index (χ3v) is 5.98. The number of aromatic nitrogens is 2. The number of nitrogens with zero attached hydrogens (tertiary/aromatic N) is 4. The van der Waals surface area contributed by atoms with Crippen molar-refractivity contribution >= 4 is 11.4 Å². The minimum atomic E-state index is 0.496. The average Bonchev–Trinajstić information content (AvgIpc) is 2.89. The van der Waals surface area contributed by atoms with Gasteiger partial charge in [0.2, 0.25) is 0 Å². The van der Waals surface area contributed by atoms with Gasteiger partial charge in [-0.25, -0.2) is 9.13 Å². The lowest BCUT2D eigenvalue weighted by atomic mass is 10.2. The summed E-state index contributed by atoms with van der Waals surface area (Å²) in [6, 6.07) is 25.0. The third kappa shape index (κ3) is 7.22. The molecule has 0 amide bonds. The maximum absolute atomic E-state index is 5.86. The molecule has 0 N–H and O–H groups in total. The van der Waals surface area contributed by atoms with Gasteiger partial charge in [0.25, 0.3) is 0 Å². The molecule has 0 bridgehead atoms. The first-order valence-corrected chi connectivity index (χ1v) is 12.2. The molecule has 0 spiro atoms. The Morgan fingerprint density at radius 1 is 0.500 bits per heavy atom. The highest BCUT2D eigenvalue weighted by Gasteiger charge is 2.06. The standard InChI is InChI=1S/C30H36N4O2/c1-31(2)27-13-17-33(18-14-27)23-25-5-9-29(10-6-25)35-21-22-36-30-11-7-26(8-12-30)24-34-19-15-28(16-20-34)32(3)4/h5-20H,21-24H2,1-4H3/q+2. The van der Waals surface area contributed by atoms with Crippen LogP contribution in [0.4, 0.5) is 11.4 Å². The van der Waals surface area contributed by atoms with Crippen molar-refractivity contribution in [2.45, 2.75) is 13.1 Å². The SMILES string of the molecule is CN(C)c1cc[n+](Cc2ccc(OCCOc3ccc(C[n+]4ccc(N(C)C)cc4)cc3)cc2)cc1. The van der Waals surface area contributed by atoms with Crippen LogP contribution in [0.1, 0.15) is 11.1 Å². The van der Waals surface area contributed by atoms with Crippen molar-refractivity contribution < 1.29 is 18.6 Å². The van der Waals surface area contributed by atoms with E-state index in [0.29, 0.717) is 13.2 Å². The number of pyridine rings is 2. The van der Waals surface area contributed by atoms with Gasteiger partial charge in [-0.05, 0) is 48.5 Å². The number of rotatable bonds is 11. The van der Waals surface area contributed by atoms with Crippen LogP contribution in [-0.4, -0.2) is 41.4 Å². The molecule has 0 fully saturated rings. The van der Waals surface area contributed by atoms with Crippen LogP contribution in [-0.2, 0) is 13.1 Å². The van der Waals surface area contributed by atoms with Gasteiger partial charge in [-0.2, -0.15) is 0 Å². The summed E-state index contributed by atoms with van der Waals surface area (Å²) < 4.78 is 16.1. The summed E-state index contributed by atoms with van der Waals surface area (Å²) in [4.78, 5) is 4.20. The maximum Gasteiger partial charge on any atom is 0.173 e. The second-order valence-corrected chi connectivity index (χ2v) is 9.23. The van der Waals surface area contributed by atoms with Crippen molar-refractivity contribution in [3.63, 3.8) is 0 Å². The number of benzene rings is 2. The molecule has 36 heavy (non-hydrogen) atoms. The number of ether oxygens (including phenoxy) is 2. The first-order chi connectivity index (χ1) is 17.5. The molecule has 6 nitrogen and oxygen atoms in total. The Morgan fingerprint density at radius 3 is 1.14 bits per heavy atom. The van der Waals surface area contributed by atoms with Crippen molar-refractivity contribution in [2.75, 3.05) is 51.2 Å². The Balaban J connectivity index is 1.18. The van der Waals surface area contributed by atoms with Crippen LogP contribution in [0.2, 0.25) is 0 Å². The molecule has 2 aromatic heterocycles. The van der Waals surface area contributed by atoms with E-state index >= 15 is 0 Å². The summed E-state index contributed by atoms with van der Waals surface area (Å²) in [6.45, 7) is 2.64. The zero-order valence-corrected chi connectivity index (χ0v) is 21.7. The van der Waals surface area contributed by atoms with E-state index in [4.69, 9.17) is 9.47 Å². The van der Waals surface area contributed by atoms with E-state index in [1.54, 1.807) is 0 Å². The molecular weight excluding hydrogens is 448 g/mol. The molecule has 0 aliphatic heterocycles. The highest BCUT2D eigenvalue weighted by molar-refractivity contribution is 5.42. The van der Waals surface area contributed by atoms with E-state index in [1.807, 2.05) is 52.5 Å². The topological polar surface area (TPSA) is 32.7 Å². The number of hydrogen-bond donors (Lipinski definition) is 0. The van der Waals surface area contributed by atoms with Crippen LogP contribution in [0, 0.1) is 0 Å². The Hall–Kier alpha value is -4.06. The predicted octanol–water partition coefficient (Wildman–Crippen LogP) is 3.95. The molecule has 0 aliphatic rings. The van der Waals surface area contributed by atoms with Gasteiger partial charge < -0.3 is 19.3 Å². The molecule has 186 valence electrons. The Morgan fingerprint density at radius 2 is 0.833 bits per heavy atom. The van der Waals surface area contributed by atoms with Crippen LogP contribution in [0.25, 0.3) is 0 Å². The molecule has 0 aliphatic carbocycles. The van der Waals surface area contributed by atoms with E-state index in [2.05, 4.69) is 92.3 Å². The van der Waals surface area contributed by atoms with Gasteiger partial charge in [0.05, 0.1) is 0 Å². The third-order valence-electron chi connectivity index (χ3n) is 5.98. The Kier molecular flexibility index (Phi) is 8.40. The number of hydrogen-bond acceptors (Lipinski definition) is 4. The van der Waals surface area contributed by atoms with Gasteiger partial charge in [-0.3, -0.25) is 0 Å². The zero-order valence-electron chi connectivity index (χ0n) is 21.7. The van der Waals surface area contributed by atoms with Crippen molar-refractivity contribution in [1.29, 1.82) is 0 Å². The van der Waals surface area contributed by atoms with Crippen molar-refractivity contribution in [3.05, 3.63) is 109 Å². The minimum absolute atomic E-state index is 0.496. The molecule has 6 heteroatoms. The highest BCUT2D eigenvalue weighted by atomic mass is 16.5. The molecule has 4 aromatic rings. The van der Waals surface area contributed by atoms with Crippen LogP contribution in [0.3, 0.4) is 0 Å². The van der Waals surface area contributed by atoms with Crippen LogP contribution < -0.4 is 28.4 Å². The fourth-order valence-electron chi connectivity index (χ4n) is 3.83. The molecule has 0 radical (unpaired) electrons. The van der Waals surface area contributed by atoms with Gasteiger partial charge in [0.15, 0.2) is 37.9 Å². The van der Waals surface area contributed by atoms with Crippen LogP contribution >= 0.6 is 0 Å². The summed E-state index contributed by atoms with van der Waals surface area (Å²) in [5.74, 6) is 1.70. The quantitative estimate of drug-likeness (QED) is 0.238.